The van der Waals surface area contributed by atoms with Gasteiger partial charge in [-0.2, -0.15) is 0 Å². The van der Waals surface area contributed by atoms with E-state index in [4.69, 9.17) is 4.74 Å². The third-order valence-corrected chi connectivity index (χ3v) is 5.62. The van der Waals surface area contributed by atoms with Crippen LogP contribution < -0.4 is 5.32 Å². The summed E-state index contributed by atoms with van der Waals surface area (Å²) in [7, 11) is -3.01. The minimum absolute atomic E-state index is 0.0753. The molecule has 0 aliphatic carbocycles. The molecule has 1 N–H and O–H groups in total. The summed E-state index contributed by atoms with van der Waals surface area (Å²) in [6, 6.07) is 7.22. The van der Waals surface area contributed by atoms with Crippen molar-refractivity contribution in [1.82, 2.24) is 4.98 Å². The fraction of sp³-hybridized carbons (Fsp3) is 0.375. The van der Waals surface area contributed by atoms with Crippen molar-refractivity contribution in [2.75, 3.05) is 23.4 Å². The smallest absolute Gasteiger partial charge is 0.341 e. The summed E-state index contributed by atoms with van der Waals surface area (Å²) in [6.45, 7) is 2.01. The standard InChI is InChI=1S/C16H18N2O4S/c1-2-22-16(19)13-9-17-14-6-4-3-5-12(14)15(13)18-11-7-8-23(20,21)10-11/h3-6,9,11H,2,7-8,10H2,1H3,(H,17,18)/t11-/m0/s1. The minimum atomic E-state index is -3.01. The summed E-state index contributed by atoms with van der Waals surface area (Å²) < 4.78 is 28.4. The highest BCUT2D eigenvalue weighted by Gasteiger charge is 2.29. The number of nitrogens with one attached hydrogen (secondary N) is 1. The van der Waals surface area contributed by atoms with Crippen LogP contribution in [0.15, 0.2) is 30.5 Å². The molecular weight excluding hydrogens is 316 g/mol. The van der Waals surface area contributed by atoms with Gasteiger partial charge in [0.2, 0.25) is 0 Å². The van der Waals surface area contributed by atoms with Crippen LogP contribution in [0.3, 0.4) is 0 Å². The van der Waals surface area contributed by atoms with Gasteiger partial charge in [-0.25, -0.2) is 13.2 Å². The van der Waals surface area contributed by atoms with Crippen LogP contribution in [0.2, 0.25) is 0 Å². The van der Waals surface area contributed by atoms with Crippen LogP contribution in [-0.2, 0) is 14.6 Å². The van der Waals surface area contributed by atoms with E-state index in [1.54, 1.807) is 6.92 Å². The highest BCUT2D eigenvalue weighted by atomic mass is 32.2. The number of benzene rings is 1. The van der Waals surface area contributed by atoms with Gasteiger partial charge >= 0.3 is 5.97 Å². The molecule has 3 rings (SSSR count). The molecule has 0 bridgehead atoms. The number of ether oxygens (including phenoxy) is 1. The Morgan fingerprint density at radius 3 is 2.87 bits per heavy atom. The fourth-order valence-corrected chi connectivity index (χ4v) is 4.45. The molecule has 0 unspecified atom stereocenters. The lowest BCUT2D eigenvalue weighted by Crippen LogP contribution is -2.23. The first kappa shape index (κ1) is 15.7. The Kier molecular flexibility index (Phi) is 4.21. The molecule has 1 aromatic heterocycles. The third kappa shape index (κ3) is 3.29. The van der Waals surface area contributed by atoms with E-state index in [2.05, 4.69) is 10.3 Å². The number of carbonyl (C=O) groups is 1. The number of pyridine rings is 1. The van der Waals surface area contributed by atoms with Crippen molar-refractivity contribution in [3.63, 3.8) is 0 Å². The predicted molar refractivity (Wildman–Crippen MR) is 88.4 cm³/mol. The molecule has 6 nitrogen and oxygen atoms in total. The third-order valence-electron chi connectivity index (χ3n) is 3.85. The molecule has 1 saturated heterocycles. The van der Waals surface area contributed by atoms with Crippen LogP contribution in [-0.4, -0.2) is 43.5 Å². The number of rotatable bonds is 4. The van der Waals surface area contributed by atoms with Crippen molar-refractivity contribution < 1.29 is 17.9 Å². The van der Waals surface area contributed by atoms with Crippen LogP contribution in [0.25, 0.3) is 10.9 Å². The lowest BCUT2D eigenvalue weighted by atomic mass is 10.1. The van der Waals surface area contributed by atoms with Gasteiger partial charge in [-0.3, -0.25) is 4.98 Å². The Morgan fingerprint density at radius 1 is 1.39 bits per heavy atom. The molecule has 1 aliphatic heterocycles. The molecule has 1 aliphatic rings. The Hall–Kier alpha value is -2.15. The quantitative estimate of drug-likeness (QED) is 0.861. The normalized spacial score (nSPS) is 19.6. The molecule has 23 heavy (non-hydrogen) atoms. The first-order chi connectivity index (χ1) is 11.0. The molecule has 122 valence electrons. The highest BCUT2D eigenvalue weighted by molar-refractivity contribution is 7.91. The zero-order valence-electron chi connectivity index (χ0n) is 12.8. The summed E-state index contributed by atoms with van der Waals surface area (Å²) in [5, 5.41) is 4.01. The van der Waals surface area contributed by atoms with Crippen molar-refractivity contribution in [1.29, 1.82) is 0 Å². The van der Waals surface area contributed by atoms with E-state index in [0.29, 0.717) is 17.7 Å². The van der Waals surface area contributed by atoms with Gasteiger partial charge in [0.25, 0.3) is 0 Å². The van der Waals surface area contributed by atoms with Crippen molar-refractivity contribution in [3.8, 4) is 0 Å². The molecule has 0 radical (unpaired) electrons. The monoisotopic (exact) mass is 334 g/mol. The molecule has 0 saturated carbocycles. The molecule has 1 atom stereocenters. The average molecular weight is 334 g/mol. The van der Waals surface area contributed by atoms with E-state index in [-0.39, 0.29) is 24.2 Å². The maximum absolute atomic E-state index is 12.2. The molecular formula is C16H18N2O4S. The van der Waals surface area contributed by atoms with E-state index < -0.39 is 15.8 Å². The number of para-hydroxylation sites is 1. The van der Waals surface area contributed by atoms with Crippen molar-refractivity contribution >= 4 is 32.4 Å². The Labute approximate surface area is 134 Å². The molecule has 2 aromatic rings. The van der Waals surface area contributed by atoms with Crippen LogP contribution in [0.4, 0.5) is 5.69 Å². The summed E-state index contributed by atoms with van der Waals surface area (Å²) in [5.74, 6) is -0.219. The maximum atomic E-state index is 12.2. The van der Waals surface area contributed by atoms with Gasteiger partial charge in [-0.1, -0.05) is 18.2 Å². The number of nitrogens with zero attached hydrogens (tertiary/aromatic N) is 1. The zero-order chi connectivity index (χ0) is 16.4. The first-order valence-electron chi connectivity index (χ1n) is 7.52. The van der Waals surface area contributed by atoms with E-state index in [1.807, 2.05) is 24.3 Å². The lowest BCUT2D eigenvalue weighted by Gasteiger charge is -2.17. The second-order valence-electron chi connectivity index (χ2n) is 5.53. The molecule has 1 aromatic carbocycles. The molecule has 2 heterocycles. The average Bonchev–Trinajstić information content (AvgIpc) is 2.86. The number of carbonyl (C=O) groups excluding carboxylic acids is 1. The Balaban J connectivity index is 2.04. The summed E-state index contributed by atoms with van der Waals surface area (Å²) in [5.41, 5.74) is 1.66. The van der Waals surface area contributed by atoms with Gasteiger partial charge in [0.05, 0.1) is 29.3 Å². The Morgan fingerprint density at radius 2 is 2.17 bits per heavy atom. The van der Waals surface area contributed by atoms with Gasteiger partial charge < -0.3 is 10.1 Å². The fourth-order valence-electron chi connectivity index (χ4n) is 2.77. The number of aromatic nitrogens is 1. The summed E-state index contributed by atoms with van der Waals surface area (Å²) >= 11 is 0. The lowest BCUT2D eigenvalue weighted by molar-refractivity contribution is 0.0527. The topological polar surface area (TPSA) is 85.4 Å². The van der Waals surface area contributed by atoms with Gasteiger partial charge in [0.1, 0.15) is 5.56 Å². The SMILES string of the molecule is CCOC(=O)c1cnc2ccccc2c1N[C@H]1CCS(=O)(=O)C1. The van der Waals surface area contributed by atoms with Crippen LogP contribution in [0.1, 0.15) is 23.7 Å². The summed E-state index contributed by atoms with van der Waals surface area (Å²) in [4.78, 5) is 16.5. The van der Waals surface area contributed by atoms with E-state index >= 15 is 0 Å². The number of esters is 1. The molecule has 0 amide bonds. The van der Waals surface area contributed by atoms with Crippen LogP contribution in [0.5, 0.6) is 0 Å². The van der Waals surface area contributed by atoms with Crippen LogP contribution >= 0.6 is 0 Å². The van der Waals surface area contributed by atoms with Gasteiger partial charge in [0.15, 0.2) is 9.84 Å². The zero-order valence-corrected chi connectivity index (χ0v) is 13.6. The van der Waals surface area contributed by atoms with E-state index in [1.165, 1.54) is 6.20 Å². The number of sulfone groups is 1. The second-order valence-corrected chi connectivity index (χ2v) is 7.76. The number of hydrogen-bond donors (Lipinski definition) is 1. The Bertz CT molecular complexity index is 848. The maximum Gasteiger partial charge on any atom is 0.341 e. The van der Waals surface area contributed by atoms with Crippen molar-refractivity contribution in [2.24, 2.45) is 0 Å². The van der Waals surface area contributed by atoms with Crippen molar-refractivity contribution in [2.45, 2.75) is 19.4 Å². The molecule has 0 spiro atoms. The van der Waals surface area contributed by atoms with E-state index in [0.717, 1.165) is 10.9 Å². The second kappa shape index (κ2) is 6.16. The minimum Gasteiger partial charge on any atom is -0.462 e. The van der Waals surface area contributed by atoms with Gasteiger partial charge in [-0.05, 0) is 19.4 Å². The predicted octanol–water partition coefficient (Wildman–Crippen LogP) is 2.01. The number of hydrogen-bond acceptors (Lipinski definition) is 6. The van der Waals surface area contributed by atoms with Gasteiger partial charge in [0, 0.05) is 17.6 Å². The number of anilines is 1. The first-order valence-corrected chi connectivity index (χ1v) is 9.34. The molecule has 7 heteroatoms. The van der Waals surface area contributed by atoms with E-state index in [9.17, 15) is 13.2 Å². The molecule has 1 fully saturated rings. The van der Waals surface area contributed by atoms with Crippen LogP contribution in [0, 0.1) is 0 Å². The highest BCUT2D eigenvalue weighted by Crippen LogP contribution is 2.29. The largest absolute Gasteiger partial charge is 0.462 e. The number of fused-ring (bicyclic) bond motifs is 1. The van der Waals surface area contributed by atoms with Gasteiger partial charge in [-0.15, -0.1) is 0 Å². The summed E-state index contributed by atoms with van der Waals surface area (Å²) in [6.07, 6.45) is 2.01. The van der Waals surface area contributed by atoms with Crippen molar-refractivity contribution in [3.05, 3.63) is 36.0 Å².